The molecule has 0 saturated carbocycles. The van der Waals surface area contributed by atoms with Crippen LogP contribution in [0.15, 0.2) is 66.7 Å². The molecule has 4 rings (SSSR count). The van der Waals surface area contributed by atoms with E-state index < -0.39 is 0 Å². The van der Waals surface area contributed by atoms with Crippen LogP contribution in [0.3, 0.4) is 0 Å². The van der Waals surface area contributed by atoms with E-state index in [4.69, 9.17) is 27.9 Å². The molecule has 3 aromatic carbocycles. The topological polar surface area (TPSA) is 73.9 Å². The SMILES string of the molecule is Cc1cc(C(=O)Nc2ccc(Cl)cc2)ccc1N(CCN1CCOC[C@@H]1C)C(=O)Nc1ccc(Cl)cc1. The number of benzene rings is 3. The van der Waals surface area contributed by atoms with E-state index in [1.807, 2.05) is 13.0 Å². The van der Waals surface area contributed by atoms with Gasteiger partial charge in [0, 0.05) is 58.3 Å². The number of carbonyl (C=O) groups is 2. The van der Waals surface area contributed by atoms with E-state index in [0.29, 0.717) is 53.3 Å². The van der Waals surface area contributed by atoms with Gasteiger partial charge in [-0.25, -0.2) is 4.79 Å². The number of nitrogens with one attached hydrogen (secondary N) is 2. The second-order valence-corrected chi connectivity index (χ2v) is 9.88. The smallest absolute Gasteiger partial charge is 0.326 e. The molecule has 0 bridgehead atoms. The molecule has 3 amide bonds. The summed E-state index contributed by atoms with van der Waals surface area (Å²) < 4.78 is 5.55. The van der Waals surface area contributed by atoms with Gasteiger partial charge in [0.1, 0.15) is 0 Å². The highest BCUT2D eigenvalue weighted by Crippen LogP contribution is 2.24. The number of morpholine rings is 1. The van der Waals surface area contributed by atoms with Crippen molar-refractivity contribution in [3.63, 3.8) is 0 Å². The molecule has 2 N–H and O–H groups in total. The lowest BCUT2D eigenvalue weighted by Crippen LogP contribution is -2.48. The van der Waals surface area contributed by atoms with E-state index in [1.165, 1.54) is 0 Å². The van der Waals surface area contributed by atoms with Gasteiger partial charge in [-0.15, -0.1) is 0 Å². The molecule has 0 unspecified atom stereocenters. The molecule has 7 nitrogen and oxygen atoms in total. The number of urea groups is 1. The molecule has 0 radical (unpaired) electrons. The molecular formula is C28H30Cl2N4O3. The first kappa shape index (κ1) is 26.9. The van der Waals surface area contributed by atoms with Crippen molar-refractivity contribution < 1.29 is 14.3 Å². The van der Waals surface area contributed by atoms with Gasteiger partial charge in [0.15, 0.2) is 0 Å². The number of ether oxygens (including phenoxy) is 1. The summed E-state index contributed by atoms with van der Waals surface area (Å²) in [5.74, 6) is -0.240. The number of hydrogen-bond acceptors (Lipinski definition) is 4. The first-order chi connectivity index (χ1) is 17.8. The first-order valence-electron chi connectivity index (χ1n) is 12.1. The Bertz CT molecular complexity index is 1240. The fourth-order valence-corrected chi connectivity index (χ4v) is 4.47. The Morgan fingerprint density at radius 2 is 1.59 bits per heavy atom. The van der Waals surface area contributed by atoms with Gasteiger partial charge in [-0.2, -0.15) is 0 Å². The van der Waals surface area contributed by atoms with Gasteiger partial charge >= 0.3 is 6.03 Å². The fourth-order valence-electron chi connectivity index (χ4n) is 4.21. The molecule has 0 aliphatic carbocycles. The first-order valence-corrected chi connectivity index (χ1v) is 12.9. The summed E-state index contributed by atoms with van der Waals surface area (Å²) in [6.07, 6.45) is 0. The summed E-state index contributed by atoms with van der Waals surface area (Å²) in [5, 5.41) is 7.03. The molecule has 37 heavy (non-hydrogen) atoms. The van der Waals surface area contributed by atoms with Crippen LogP contribution in [0.1, 0.15) is 22.8 Å². The summed E-state index contributed by atoms with van der Waals surface area (Å²) in [5.41, 5.74) is 3.34. The second-order valence-electron chi connectivity index (χ2n) is 9.01. The maximum Gasteiger partial charge on any atom is 0.326 e. The average molecular weight is 541 g/mol. The number of carbonyl (C=O) groups excluding carboxylic acids is 2. The third-order valence-electron chi connectivity index (χ3n) is 6.31. The third kappa shape index (κ3) is 7.23. The van der Waals surface area contributed by atoms with Crippen LogP contribution in [0.5, 0.6) is 0 Å². The van der Waals surface area contributed by atoms with Crippen molar-refractivity contribution in [2.45, 2.75) is 19.9 Å². The van der Waals surface area contributed by atoms with Crippen LogP contribution in [0.25, 0.3) is 0 Å². The normalized spacial score (nSPS) is 15.7. The van der Waals surface area contributed by atoms with E-state index in [-0.39, 0.29) is 18.0 Å². The summed E-state index contributed by atoms with van der Waals surface area (Å²) in [6.45, 7) is 7.35. The molecule has 1 heterocycles. The molecule has 1 fully saturated rings. The Balaban J connectivity index is 1.54. The summed E-state index contributed by atoms with van der Waals surface area (Å²) in [7, 11) is 0. The van der Waals surface area contributed by atoms with Gasteiger partial charge in [-0.1, -0.05) is 23.2 Å². The van der Waals surface area contributed by atoms with E-state index in [0.717, 1.165) is 17.8 Å². The number of rotatable bonds is 7. The van der Waals surface area contributed by atoms with E-state index in [9.17, 15) is 9.59 Å². The predicted molar refractivity (Wildman–Crippen MR) is 150 cm³/mol. The maximum atomic E-state index is 13.4. The van der Waals surface area contributed by atoms with Crippen molar-refractivity contribution >= 4 is 52.2 Å². The number of halogens is 2. The molecule has 1 saturated heterocycles. The van der Waals surface area contributed by atoms with Gasteiger partial charge in [0.2, 0.25) is 0 Å². The Morgan fingerprint density at radius 1 is 0.973 bits per heavy atom. The molecule has 1 aliphatic rings. The summed E-state index contributed by atoms with van der Waals surface area (Å²) >= 11 is 11.9. The minimum Gasteiger partial charge on any atom is -0.379 e. The Kier molecular flexibility index (Phi) is 9.05. The molecule has 194 valence electrons. The monoisotopic (exact) mass is 540 g/mol. The highest BCUT2D eigenvalue weighted by atomic mass is 35.5. The molecule has 1 aliphatic heterocycles. The zero-order chi connectivity index (χ0) is 26.4. The number of hydrogen-bond donors (Lipinski definition) is 2. The van der Waals surface area contributed by atoms with E-state index >= 15 is 0 Å². The molecule has 0 aromatic heterocycles. The minimum atomic E-state index is -0.260. The van der Waals surface area contributed by atoms with Gasteiger partial charge in [0.25, 0.3) is 5.91 Å². The zero-order valence-corrected chi connectivity index (χ0v) is 22.4. The van der Waals surface area contributed by atoms with Crippen molar-refractivity contribution in [3.8, 4) is 0 Å². The van der Waals surface area contributed by atoms with Crippen molar-refractivity contribution in [3.05, 3.63) is 87.9 Å². The zero-order valence-electron chi connectivity index (χ0n) is 20.8. The molecule has 1 atom stereocenters. The van der Waals surface area contributed by atoms with Crippen molar-refractivity contribution in [1.82, 2.24) is 4.90 Å². The van der Waals surface area contributed by atoms with Gasteiger partial charge in [-0.05, 0) is 86.1 Å². The highest BCUT2D eigenvalue weighted by molar-refractivity contribution is 6.31. The lowest BCUT2D eigenvalue weighted by atomic mass is 10.1. The third-order valence-corrected chi connectivity index (χ3v) is 6.81. The number of amides is 3. The van der Waals surface area contributed by atoms with Crippen LogP contribution in [0, 0.1) is 6.92 Å². The fraction of sp³-hybridized carbons (Fsp3) is 0.286. The molecular weight excluding hydrogens is 511 g/mol. The number of aryl methyl sites for hydroxylation is 1. The number of nitrogens with zero attached hydrogens (tertiary/aromatic N) is 2. The molecule has 9 heteroatoms. The van der Waals surface area contributed by atoms with Crippen molar-refractivity contribution in [1.29, 1.82) is 0 Å². The van der Waals surface area contributed by atoms with Crippen molar-refractivity contribution in [2.24, 2.45) is 0 Å². The Labute approximate surface area is 227 Å². The predicted octanol–water partition coefficient (Wildman–Crippen LogP) is 6.31. The van der Waals surface area contributed by atoms with Crippen LogP contribution in [0.4, 0.5) is 21.9 Å². The van der Waals surface area contributed by atoms with Gasteiger partial charge < -0.3 is 15.4 Å². The second kappa shape index (κ2) is 12.4. The highest BCUT2D eigenvalue weighted by Gasteiger charge is 2.23. The average Bonchev–Trinajstić information content (AvgIpc) is 2.88. The summed E-state index contributed by atoms with van der Waals surface area (Å²) in [6, 6.07) is 19.3. The van der Waals surface area contributed by atoms with E-state index in [1.54, 1.807) is 65.6 Å². The van der Waals surface area contributed by atoms with Crippen molar-refractivity contribution in [2.75, 3.05) is 48.4 Å². The largest absolute Gasteiger partial charge is 0.379 e. The Morgan fingerprint density at radius 3 is 2.19 bits per heavy atom. The lowest BCUT2D eigenvalue weighted by molar-refractivity contribution is 0.00135. The van der Waals surface area contributed by atoms with Crippen LogP contribution in [0.2, 0.25) is 10.0 Å². The van der Waals surface area contributed by atoms with Crippen LogP contribution in [-0.4, -0.2) is 55.7 Å². The van der Waals surface area contributed by atoms with Crippen LogP contribution >= 0.6 is 23.2 Å². The van der Waals surface area contributed by atoms with E-state index in [2.05, 4.69) is 22.5 Å². The lowest BCUT2D eigenvalue weighted by Gasteiger charge is -2.35. The molecule has 3 aromatic rings. The number of anilines is 3. The van der Waals surface area contributed by atoms with Gasteiger partial charge in [0.05, 0.1) is 13.2 Å². The van der Waals surface area contributed by atoms with Crippen LogP contribution < -0.4 is 15.5 Å². The summed E-state index contributed by atoms with van der Waals surface area (Å²) in [4.78, 5) is 30.3. The molecule has 0 spiro atoms. The minimum absolute atomic E-state index is 0.240. The van der Waals surface area contributed by atoms with Crippen LogP contribution in [-0.2, 0) is 4.74 Å². The van der Waals surface area contributed by atoms with Gasteiger partial charge in [-0.3, -0.25) is 14.6 Å². The quantitative estimate of drug-likeness (QED) is 0.368. The standard InChI is InChI=1S/C28H30Cl2N4O3/c1-19-17-21(27(35)31-24-8-4-22(29)5-9-24)3-12-26(19)34(14-13-33-15-16-37-18-20(33)2)28(36)32-25-10-6-23(30)7-11-25/h3-12,17,20H,13-16,18H2,1-2H3,(H,31,35)(H,32,36)/t20-/m0/s1. The Hall–Kier alpha value is -3.10. The maximum absolute atomic E-state index is 13.4.